The molecule has 0 atom stereocenters. The summed E-state index contributed by atoms with van der Waals surface area (Å²) in [5.41, 5.74) is 2.19. The third kappa shape index (κ3) is 3.97. The van der Waals surface area contributed by atoms with Crippen molar-refractivity contribution in [1.82, 2.24) is 0 Å². The van der Waals surface area contributed by atoms with Crippen molar-refractivity contribution in [3.05, 3.63) is 69.7 Å². The van der Waals surface area contributed by atoms with Gasteiger partial charge < -0.3 is 4.74 Å². The van der Waals surface area contributed by atoms with Crippen LogP contribution in [0, 0.1) is 0 Å². The Balaban J connectivity index is 2.29. The molecule has 0 aliphatic carbocycles. The standard InChI is InChI=1S/C16H16Cl2O/c1-2-11-19-16(12-3-7-14(17)8-4-12)13-5-9-15(18)10-6-13/h3-10,16H,2,11H2,1H3. The number of rotatable bonds is 5. The highest BCUT2D eigenvalue weighted by Crippen LogP contribution is 2.28. The van der Waals surface area contributed by atoms with Crippen molar-refractivity contribution in [2.24, 2.45) is 0 Å². The molecule has 0 N–H and O–H groups in total. The molecule has 0 fully saturated rings. The zero-order valence-corrected chi connectivity index (χ0v) is 12.3. The van der Waals surface area contributed by atoms with E-state index in [2.05, 4.69) is 6.92 Å². The minimum atomic E-state index is -0.0746. The summed E-state index contributed by atoms with van der Waals surface area (Å²) < 4.78 is 5.96. The van der Waals surface area contributed by atoms with Gasteiger partial charge in [0.25, 0.3) is 0 Å². The second kappa shape index (κ2) is 6.95. The average Bonchev–Trinajstić information content (AvgIpc) is 2.43. The van der Waals surface area contributed by atoms with E-state index in [0.717, 1.165) is 34.2 Å². The van der Waals surface area contributed by atoms with Crippen LogP contribution in [0.4, 0.5) is 0 Å². The van der Waals surface area contributed by atoms with E-state index < -0.39 is 0 Å². The molecule has 0 aromatic heterocycles. The first-order chi connectivity index (χ1) is 9.20. The molecule has 0 aliphatic heterocycles. The van der Waals surface area contributed by atoms with Crippen LogP contribution in [0.15, 0.2) is 48.5 Å². The van der Waals surface area contributed by atoms with E-state index >= 15 is 0 Å². The topological polar surface area (TPSA) is 9.23 Å². The lowest BCUT2D eigenvalue weighted by atomic mass is 10.0. The van der Waals surface area contributed by atoms with Gasteiger partial charge in [0.05, 0.1) is 0 Å². The van der Waals surface area contributed by atoms with Gasteiger partial charge in [-0.15, -0.1) is 0 Å². The zero-order chi connectivity index (χ0) is 13.7. The molecule has 100 valence electrons. The number of hydrogen-bond donors (Lipinski definition) is 0. The quantitative estimate of drug-likeness (QED) is 0.706. The summed E-state index contributed by atoms with van der Waals surface area (Å²) in [5, 5.41) is 1.46. The molecule has 0 radical (unpaired) electrons. The van der Waals surface area contributed by atoms with Crippen LogP contribution in [0.5, 0.6) is 0 Å². The van der Waals surface area contributed by atoms with Crippen LogP contribution in [-0.2, 0) is 4.74 Å². The maximum Gasteiger partial charge on any atom is 0.108 e. The molecule has 0 amide bonds. The van der Waals surface area contributed by atoms with E-state index in [-0.39, 0.29) is 6.10 Å². The van der Waals surface area contributed by atoms with E-state index in [1.54, 1.807) is 0 Å². The average molecular weight is 295 g/mol. The molecule has 2 aromatic carbocycles. The SMILES string of the molecule is CCCOC(c1ccc(Cl)cc1)c1ccc(Cl)cc1. The number of benzene rings is 2. The first-order valence-corrected chi connectivity index (χ1v) is 7.09. The molecule has 1 nitrogen and oxygen atoms in total. The van der Waals surface area contributed by atoms with Crippen molar-refractivity contribution in [1.29, 1.82) is 0 Å². The Bertz CT molecular complexity index is 460. The lowest BCUT2D eigenvalue weighted by molar-refractivity contribution is 0.0806. The van der Waals surface area contributed by atoms with Gasteiger partial charge in [-0.3, -0.25) is 0 Å². The predicted octanol–water partition coefficient (Wildman–Crippen LogP) is 5.51. The molecule has 0 saturated heterocycles. The molecule has 2 aromatic rings. The van der Waals surface area contributed by atoms with E-state index in [0.29, 0.717) is 0 Å². The molecule has 3 heteroatoms. The highest BCUT2D eigenvalue weighted by Gasteiger charge is 2.14. The second-order valence-electron chi connectivity index (χ2n) is 4.35. The summed E-state index contributed by atoms with van der Waals surface area (Å²) in [6, 6.07) is 15.5. The monoisotopic (exact) mass is 294 g/mol. The van der Waals surface area contributed by atoms with Crippen LogP contribution in [0.2, 0.25) is 10.0 Å². The van der Waals surface area contributed by atoms with Crippen LogP contribution in [0.25, 0.3) is 0 Å². The summed E-state index contributed by atoms with van der Waals surface area (Å²) in [6.07, 6.45) is 0.909. The smallest absolute Gasteiger partial charge is 0.108 e. The maximum atomic E-state index is 5.96. The Labute approximate surface area is 124 Å². The van der Waals surface area contributed by atoms with Crippen molar-refractivity contribution in [3.8, 4) is 0 Å². The molecule has 0 bridgehead atoms. The first kappa shape index (κ1) is 14.4. The van der Waals surface area contributed by atoms with Gasteiger partial charge in [-0.05, 0) is 41.8 Å². The van der Waals surface area contributed by atoms with Crippen LogP contribution in [-0.4, -0.2) is 6.61 Å². The number of hydrogen-bond acceptors (Lipinski definition) is 1. The van der Waals surface area contributed by atoms with E-state index in [1.165, 1.54) is 0 Å². The summed E-state index contributed by atoms with van der Waals surface area (Å²) in [4.78, 5) is 0. The van der Waals surface area contributed by atoms with Crippen LogP contribution >= 0.6 is 23.2 Å². The molecule has 0 aliphatic rings. The minimum absolute atomic E-state index is 0.0746. The van der Waals surface area contributed by atoms with Gasteiger partial charge in [0.1, 0.15) is 6.10 Å². The van der Waals surface area contributed by atoms with Crippen LogP contribution in [0.1, 0.15) is 30.6 Å². The predicted molar refractivity (Wildman–Crippen MR) is 81.0 cm³/mol. The van der Waals surface area contributed by atoms with Crippen LogP contribution in [0.3, 0.4) is 0 Å². The van der Waals surface area contributed by atoms with Gasteiger partial charge in [-0.2, -0.15) is 0 Å². The minimum Gasteiger partial charge on any atom is -0.369 e. The highest BCUT2D eigenvalue weighted by molar-refractivity contribution is 6.30. The third-order valence-corrected chi connectivity index (χ3v) is 3.34. The van der Waals surface area contributed by atoms with E-state index in [1.807, 2.05) is 48.5 Å². The lowest BCUT2D eigenvalue weighted by Crippen LogP contribution is -2.07. The lowest BCUT2D eigenvalue weighted by Gasteiger charge is -2.19. The zero-order valence-electron chi connectivity index (χ0n) is 10.8. The van der Waals surface area contributed by atoms with Gasteiger partial charge in [0, 0.05) is 16.7 Å². The van der Waals surface area contributed by atoms with Crippen molar-refractivity contribution in [2.45, 2.75) is 19.4 Å². The maximum absolute atomic E-state index is 5.96. The largest absolute Gasteiger partial charge is 0.369 e. The molecule has 0 saturated carbocycles. The normalized spacial score (nSPS) is 10.9. The molecule has 0 unspecified atom stereocenters. The Morgan fingerprint density at radius 3 is 1.63 bits per heavy atom. The van der Waals surface area contributed by atoms with Gasteiger partial charge >= 0.3 is 0 Å². The van der Waals surface area contributed by atoms with Crippen LogP contribution < -0.4 is 0 Å². The molecule has 19 heavy (non-hydrogen) atoms. The fourth-order valence-corrected chi connectivity index (χ4v) is 2.15. The Morgan fingerprint density at radius 1 is 0.842 bits per heavy atom. The fourth-order valence-electron chi connectivity index (χ4n) is 1.90. The Kier molecular flexibility index (Phi) is 5.26. The van der Waals surface area contributed by atoms with Gasteiger partial charge in [0.15, 0.2) is 0 Å². The summed E-state index contributed by atoms with van der Waals surface area (Å²) in [5.74, 6) is 0. The molecule has 0 spiro atoms. The summed E-state index contributed by atoms with van der Waals surface area (Å²) >= 11 is 11.9. The highest BCUT2D eigenvalue weighted by atomic mass is 35.5. The van der Waals surface area contributed by atoms with Crippen molar-refractivity contribution < 1.29 is 4.74 Å². The van der Waals surface area contributed by atoms with Crippen molar-refractivity contribution in [2.75, 3.05) is 6.61 Å². The molecule has 0 heterocycles. The summed E-state index contributed by atoms with van der Waals surface area (Å²) in [7, 11) is 0. The van der Waals surface area contributed by atoms with Crippen molar-refractivity contribution >= 4 is 23.2 Å². The number of halogens is 2. The fraction of sp³-hybridized carbons (Fsp3) is 0.250. The Hall–Kier alpha value is -1.02. The molecular weight excluding hydrogens is 279 g/mol. The van der Waals surface area contributed by atoms with Gasteiger partial charge in [-0.1, -0.05) is 54.4 Å². The van der Waals surface area contributed by atoms with Crippen molar-refractivity contribution in [3.63, 3.8) is 0 Å². The second-order valence-corrected chi connectivity index (χ2v) is 5.23. The van der Waals surface area contributed by atoms with E-state index in [4.69, 9.17) is 27.9 Å². The van der Waals surface area contributed by atoms with Gasteiger partial charge in [0.2, 0.25) is 0 Å². The molecular formula is C16H16Cl2O. The summed E-state index contributed by atoms with van der Waals surface area (Å²) in [6.45, 7) is 2.82. The Morgan fingerprint density at radius 2 is 1.26 bits per heavy atom. The van der Waals surface area contributed by atoms with Gasteiger partial charge in [-0.25, -0.2) is 0 Å². The third-order valence-electron chi connectivity index (χ3n) is 2.83. The first-order valence-electron chi connectivity index (χ1n) is 6.33. The molecule has 2 rings (SSSR count). The number of ether oxygens (including phenoxy) is 1. The van der Waals surface area contributed by atoms with E-state index in [9.17, 15) is 0 Å².